The lowest BCUT2D eigenvalue weighted by Crippen LogP contribution is -2.14. The molecule has 0 bridgehead atoms. The Morgan fingerprint density at radius 1 is 1.20 bits per heavy atom. The van der Waals surface area contributed by atoms with Gasteiger partial charge >= 0.3 is 0 Å². The standard InChI is InChI=1S/C13H8Cl2F2N2O/c1-6-4-10(14)18-12(15)11(6)19-13(20)7-2-3-8(16)9(17)5-7/h2-5H,1H3,(H,19,20). The summed E-state index contributed by atoms with van der Waals surface area (Å²) in [4.78, 5) is 15.7. The molecule has 0 fully saturated rings. The van der Waals surface area contributed by atoms with Gasteiger partial charge in [0.1, 0.15) is 5.15 Å². The maximum absolute atomic E-state index is 13.1. The van der Waals surface area contributed by atoms with Gasteiger partial charge < -0.3 is 5.32 Å². The highest BCUT2D eigenvalue weighted by molar-refractivity contribution is 6.35. The third-order valence-corrected chi connectivity index (χ3v) is 3.03. The molecule has 7 heteroatoms. The van der Waals surface area contributed by atoms with Gasteiger partial charge in [0, 0.05) is 5.56 Å². The molecule has 1 heterocycles. The summed E-state index contributed by atoms with van der Waals surface area (Å²) < 4.78 is 25.9. The van der Waals surface area contributed by atoms with E-state index in [1.165, 1.54) is 12.1 Å². The van der Waals surface area contributed by atoms with Gasteiger partial charge in [-0.2, -0.15) is 0 Å². The first-order valence-corrected chi connectivity index (χ1v) is 6.23. The van der Waals surface area contributed by atoms with Crippen molar-refractivity contribution in [3.05, 3.63) is 57.3 Å². The second kappa shape index (κ2) is 5.73. The van der Waals surface area contributed by atoms with Crippen LogP contribution >= 0.6 is 23.2 Å². The average molecular weight is 317 g/mol. The van der Waals surface area contributed by atoms with Crippen LogP contribution < -0.4 is 5.32 Å². The lowest BCUT2D eigenvalue weighted by atomic mass is 10.2. The van der Waals surface area contributed by atoms with Gasteiger partial charge in [-0.05, 0) is 36.8 Å². The molecule has 2 rings (SSSR count). The van der Waals surface area contributed by atoms with Crippen molar-refractivity contribution in [2.24, 2.45) is 0 Å². The first-order valence-electron chi connectivity index (χ1n) is 5.47. The molecule has 1 aromatic heterocycles. The molecule has 0 saturated carbocycles. The molecule has 104 valence electrons. The number of carbonyl (C=O) groups is 1. The molecule has 3 nitrogen and oxygen atoms in total. The molecule has 0 aliphatic rings. The molecule has 20 heavy (non-hydrogen) atoms. The Labute approximate surface area is 123 Å². The molecule has 0 aliphatic carbocycles. The van der Waals surface area contributed by atoms with Crippen LogP contribution in [0.1, 0.15) is 15.9 Å². The highest BCUT2D eigenvalue weighted by Gasteiger charge is 2.14. The highest BCUT2D eigenvalue weighted by Crippen LogP contribution is 2.27. The molecule has 0 aliphatic heterocycles. The van der Waals surface area contributed by atoms with Gasteiger partial charge in [0.2, 0.25) is 0 Å². The second-order valence-corrected chi connectivity index (χ2v) is 4.76. The van der Waals surface area contributed by atoms with Crippen molar-refractivity contribution >= 4 is 34.8 Å². The highest BCUT2D eigenvalue weighted by atomic mass is 35.5. The maximum atomic E-state index is 13.1. The number of rotatable bonds is 2. The second-order valence-electron chi connectivity index (χ2n) is 4.01. The number of amides is 1. The van der Waals surface area contributed by atoms with E-state index < -0.39 is 17.5 Å². The summed E-state index contributed by atoms with van der Waals surface area (Å²) in [6, 6.07) is 4.37. The van der Waals surface area contributed by atoms with Crippen molar-refractivity contribution in [3.63, 3.8) is 0 Å². The third kappa shape index (κ3) is 3.05. The van der Waals surface area contributed by atoms with Crippen LogP contribution in [-0.2, 0) is 0 Å². The summed E-state index contributed by atoms with van der Waals surface area (Å²) in [7, 11) is 0. The van der Waals surface area contributed by atoms with Crippen molar-refractivity contribution in [2.75, 3.05) is 5.32 Å². The number of benzene rings is 1. The predicted molar refractivity (Wildman–Crippen MR) is 73.3 cm³/mol. The van der Waals surface area contributed by atoms with E-state index >= 15 is 0 Å². The van der Waals surface area contributed by atoms with Crippen LogP contribution in [0.4, 0.5) is 14.5 Å². The van der Waals surface area contributed by atoms with Crippen LogP contribution in [0.3, 0.4) is 0 Å². The van der Waals surface area contributed by atoms with Crippen LogP contribution in [0.2, 0.25) is 10.3 Å². The Balaban J connectivity index is 2.30. The van der Waals surface area contributed by atoms with Gasteiger partial charge in [-0.25, -0.2) is 13.8 Å². The number of aromatic nitrogens is 1. The fourth-order valence-electron chi connectivity index (χ4n) is 1.57. The Hall–Kier alpha value is -1.72. The minimum atomic E-state index is -1.10. The van der Waals surface area contributed by atoms with E-state index in [9.17, 15) is 13.6 Å². The number of anilines is 1. The van der Waals surface area contributed by atoms with Crippen molar-refractivity contribution in [1.82, 2.24) is 4.98 Å². The van der Waals surface area contributed by atoms with Gasteiger partial charge in [-0.3, -0.25) is 4.79 Å². The number of nitrogens with zero attached hydrogens (tertiary/aromatic N) is 1. The zero-order valence-corrected chi connectivity index (χ0v) is 11.7. The summed E-state index contributed by atoms with van der Waals surface area (Å²) in [5.74, 6) is -2.75. The fraction of sp³-hybridized carbons (Fsp3) is 0.0769. The first-order chi connectivity index (χ1) is 9.38. The van der Waals surface area contributed by atoms with Crippen LogP contribution in [0.15, 0.2) is 24.3 Å². The number of aryl methyl sites for hydroxylation is 1. The smallest absolute Gasteiger partial charge is 0.255 e. The SMILES string of the molecule is Cc1cc(Cl)nc(Cl)c1NC(=O)c1ccc(F)c(F)c1. The van der Waals surface area contributed by atoms with Gasteiger partial charge in [-0.15, -0.1) is 0 Å². The summed E-state index contributed by atoms with van der Waals surface area (Å²) >= 11 is 11.6. The normalized spacial score (nSPS) is 10.4. The van der Waals surface area contributed by atoms with E-state index in [1.54, 1.807) is 6.92 Å². The summed E-state index contributed by atoms with van der Waals surface area (Å²) in [6.07, 6.45) is 0. The Bertz CT molecular complexity index is 669. The summed E-state index contributed by atoms with van der Waals surface area (Å²) in [6.45, 7) is 1.68. The van der Waals surface area contributed by atoms with E-state index in [0.717, 1.165) is 12.1 Å². The zero-order valence-electron chi connectivity index (χ0n) is 10.2. The van der Waals surface area contributed by atoms with Crippen LogP contribution in [0.5, 0.6) is 0 Å². The largest absolute Gasteiger partial charge is 0.319 e. The quantitative estimate of drug-likeness (QED) is 0.842. The van der Waals surface area contributed by atoms with E-state index in [0.29, 0.717) is 5.56 Å². The molecule has 1 aromatic carbocycles. The monoisotopic (exact) mass is 316 g/mol. The van der Waals surface area contributed by atoms with Crippen LogP contribution in [0.25, 0.3) is 0 Å². The molecular weight excluding hydrogens is 309 g/mol. The van der Waals surface area contributed by atoms with Gasteiger partial charge in [0.05, 0.1) is 5.69 Å². The molecule has 0 radical (unpaired) electrons. The number of pyridine rings is 1. The minimum absolute atomic E-state index is 0.0194. The number of hydrogen-bond acceptors (Lipinski definition) is 2. The predicted octanol–water partition coefficient (Wildman–Crippen LogP) is 4.23. The first kappa shape index (κ1) is 14.7. The van der Waals surface area contributed by atoms with Crippen LogP contribution in [0, 0.1) is 18.6 Å². The summed E-state index contributed by atoms with van der Waals surface area (Å²) in [5.41, 5.74) is 0.839. The molecule has 0 spiro atoms. The van der Waals surface area contributed by atoms with E-state index in [1.807, 2.05) is 0 Å². The Morgan fingerprint density at radius 3 is 2.50 bits per heavy atom. The molecule has 0 atom stereocenters. The topological polar surface area (TPSA) is 42.0 Å². The molecule has 1 amide bonds. The lowest BCUT2D eigenvalue weighted by Gasteiger charge is -2.10. The van der Waals surface area contributed by atoms with E-state index in [-0.39, 0.29) is 21.6 Å². The number of carbonyl (C=O) groups excluding carboxylic acids is 1. The van der Waals surface area contributed by atoms with Crippen LogP contribution in [-0.4, -0.2) is 10.9 Å². The molecule has 2 aromatic rings. The maximum Gasteiger partial charge on any atom is 0.255 e. The van der Waals surface area contributed by atoms with Gasteiger partial charge in [0.25, 0.3) is 5.91 Å². The van der Waals surface area contributed by atoms with Crippen molar-refractivity contribution in [3.8, 4) is 0 Å². The average Bonchev–Trinajstić information content (AvgIpc) is 2.36. The Morgan fingerprint density at radius 2 is 1.90 bits per heavy atom. The van der Waals surface area contributed by atoms with Crippen molar-refractivity contribution < 1.29 is 13.6 Å². The third-order valence-electron chi connectivity index (χ3n) is 2.56. The van der Waals surface area contributed by atoms with Crippen molar-refractivity contribution in [1.29, 1.82) is 0 Å². The van der Waals surface area contributed by atoms with Gasteiger partial charge in [0.15, 0.2) is 16.8 Å². The zero-order chi connectivity index (χ0) is 14.9. The van der Waals surface area contributed by atoms with E-state index in [2.05, 4.69) is 10.3 Å². The number of halogens is 4. The molecule has 0 unspecified atom stereocenters. The van der Waals surface area contributed by atoms with Gasteiger partial charge in [-0.1, -0.05) is 23.2 Å². The van der Waals surface area contributed by atoms with E-state index in [4.69, 9.17) is 23.2 Å². The molecule has 0 saturated heterocycles. The van der Waals surface area contributed by atoms with Crippen molar-refractivity contribution in [2.45, 2.75) is 6.92 Å². The molecule has 1 N–H and O–H groups in total. The fourth-order valence-corrected chi connectivity index (χ4v) is 2.15. The number of nitrogens with one attached hydrogen (secondary N) is 1. The molecular formula is C13H8Cl2F2N2O. The minimum Gasteiger partial charge on any atom is -0.319 e. The number of hydrogen-bond donors (Lipinski definition) is 1. The lowest BCUT2D eigenvalue weighted by molar-refractivity contribution is 0.102. The summed E-state index contributed by atoms with van der Waals surface area (Å²) in [5, 5.41) is 2.70. The Kier molecular flexibility index (Phi) is 4.20.